The van der Waals surface area contributed by atoms with E-state index in [0.717, 1.165) is 140 Å². The van der Waals surface area contributed by atoms with E-state index in [4.69, 9.17) is 38.0 Å². The molecule has 0 amide bonds. The Morgan fingerprint density at radius 2 is 0.854 bits per heavy atom. The Labute approximate surface area is 577 Å². The molecule has 3 aliphatic heterocycles. The first-order chi connectivity index (χ1) is 45.5. The van der Waals surface area contributed by atoms with Crippen molar-refractivity contribution in [1.82, 2.24) is 39.1 Å². The van der Waals surface area contributed by atoms with Crippen molar-refractivity contribution in [1.29, 1.82) is 0 Å². The van der Waals surface area contributed by atoms with E-state index in [0.29, 0.717) is 60.4 Å². The van der Waals surface area contributed by atoms with Gasteiger partial charge in [0.25, 0.3) is 0 Å². The van der Waals surface area contributed by atoms with Crippen molar-refractivity contribution >= 4 is 75.6 Å². The zero-order chi connectivity index (χ0) is 69.3. The fourth-order valence-electron chi connectivity index (χ4n) is 13.0. The molecule has 2 unspecified atom stereocenters. The lowest BCUT2D eigenvalue weighted by atomic mass is 9.80. The van der Waals surface area contributed by atoms with Gasteiger partial charge in [-0.15, -0.1) is 0 Å². The molecule has 24 nitrogen and oxygen atoms in total. The standard InChI is InChI=1S/C24H36N4O4S2.C23H34N4O5S2.C19H31BN2O5S/c1-15-5-7-20(8-6-15)28-34(29,30)21-13-19(14-25-23(21)31-4)22-17(3)27-24(33-22)26-16(2)18-9-11-32-12-10-18;1-14(16-8-10-32-11-9-16)25-23-26-15(2)21(33-23)17-12-20(22(31-3)24-13-17)34(29,30)27-18-4-6-19(28)7-5-18;1-13-7-9-15(10-8-13)22-28(23,24)16-11-14(12-21-17(16)25-6)20-26-18(2,3)19(4,5)27-20/h13-16,18,20,28H,5-12H2,1-4H3,(H,26,27);12-14,16,18-19,27-28H,4-11H2,1-3H3,(H,25,26);11-13,15,22H,7-10H2,1-6H3. The number of rotatable bonds is 21. The number of pyridine rings is 3. The third-order valence-corrected chi connectivity index (χ3v) is 26.7. The summed E-state index contributed by atoms with van der Waals surface area (Å²) in [6, 6.07) is 5.04. The number of ether oxygens (including phenoxy) is 5. The number of aromatic nitrogens is 5. The number of thiazole rings is 2. The highest BCUT2D eigenvalue weighted by molar-refractivity contribution is 7.90. The number of aryl methyl sites for hydroxylation is 2. The Morgan fingerprint density at radius 3 is 1.21 bits per heavy atom. The number of aliphatic hydroxyl groups excluding tert-OH is 1. The van der Waals surface area contributed by atoms with Gasteiger partial charge in [-0.3, -0.25) is 0 Å². The minimum Gasteiger partial charge on any atom is -0.480 e. The van der Waals surface area contributed by atoms with Gasteiger partial charge in [-0.1, -0.05) is 36.5 Å². The van der Waals surface area contributed by atoms with Crippen molar-refractivity contribution in [2.24, 2.45) is 23.7 Å². The van der Waals surface area contributed by atoms with Crippen LogP contribution in [0, 0.1) is 37.5 Å². The number of anilines is 2. The van der Waals surface area contributed by atoms with Crippen LogP contribution in [-0.2, 0) is 48.9 Å². The number of sulfonamides is 3. The molecular formula is C66H101BN10O14S5. The van der Waals surface area contributed by atoms with Crippen molar-refractivity contribution in [2.75, 3.05) is 58.4 Å². The summed E-state index contributed by atoms with van der Waals surface area (Å²) in [7, 11) is -7.82. The van der Waals surface area contributed by atoms with Crippen LogP contribution in [0.4, 0.5) is 10.3 Å². The molecule has 6 fully saturated rings. The predicted octanol–water partition coefficient (Wildman–Crippen LogP) is 10.2. The lowest BCUT2D eigenvalue weighted by Crippen LogP contribution is -2.41. The maximum Gasteiger partial charge on any atom is 0.496 e. The van der Waals surface area contributed by atoms with Crippen LogP contribution in [0.25, 0.3) is 20.9 Å². The number of nitrogens with zero attached hydrogens (tertiary/aromatic N) is 5. The summed E-state index contributed by atoms with van der Waals surface area (Å²) in [5.41, 5.74) is 2.58. The minimum absolute atomic E-state index is 0.0107. The van der Waals surface area contributed by atoms with Crippen molar-refractivity contribution in [3.8, 4) is 38.5 Å². The summed E-state index contributed by atoms with van der Waals surface area (Å²) >= 11 is 3.02. The second-order valence-corrected chi connectivity index (χ2v) is 34.8. The van der Waals surface area contributed by atoms with Gasteiger partial charge in [0, 0.05) is 91.8 Å². The van der Waals surface area contributed by atoms with Gasteiger partial charge < -0.3 is 48.7 Å². The first kappa shape index (κ1) is 75.5. The monoisotopic (exact) mass is 1430 g/mol. The van der Waals surface area contributed by atoms with E-state index < -0.39 is 48.4 Å². The van der Waals surface area contributed by atoms with Crippen LogP contribution in [0.3, 0.4) is 0 Å². The van der Waals surface area contributed by atoms with E-state index in [1.807, 2.05) is 41.5 Å². The van der Waals surface area contributed by atoms with Crippen LogP contribution in [0.2, 0.25) is 0 Å². The van der Waals surface area contributed by atoms with Crippen LogP contribution >= 0.6 is 22.7 Å². The molecule has 3 saturated heterocycles. The fraction of sp³-hybridized carbons (Fsp3) is 0.682. The molecule has 3 saturated carbocycles. The molecule has 2 atom stereocenters. The molecule has 6 aliphatic rings. The zero-order valence-corrected chi connectivity index (χ0v) is 62.1. The Kier molecular flexibility index (Phi) is 25.8. The molecule has 11 rings (SSSR count). The normalized spacial score (nSPS) is 24.1. The molecular weight excluding hydrogens is 1330 g/mol. The van der Waals surface area contributed by atoms with Crippen molar-refractivity contribution in [3.63, 3.8) is 0 Å². The summed E-state index contributed by atoms with van der Waals surface area (Å²) in [4.78, 5) is 24.1. The molecule has 0 bridgehead atoms. The summed E-state index contributed by atoms with van der Waals surface area (Å²) in [6.45, 7) is 23.6. The van der Waals surface area contributed by atoms with Gasteiger partial charge in [-0.25, -0.2) is 64.3 Å². The van der Waals surface area contributed by atoms with Gasteiger partial charge >= 0.3 is 7.12 Å². The Bertz CT molecular complexity index is 3540. The van der Waals surface area contributed by atoms with Crippen LogP contribution in [0.5, 0.6) is 17.6 Å². The molecule has 532 valence electrons. The average Bonchev–Trinajstić information content (AvgIpc) is 1.50. The van der Waals surface area contributed by atoms with Gasteiger partial charge in [0.2, 0.25) is 47.7 Å². The number of methoxy groups -OCH3 is 3. The van der Waals surface area contributed by atoms with E-state index in [-0.39, 0.29) is 68.6 Å². The quantitative estimate of drug-likeness (QED) is 0.0372. The smallest absolute Gasteiger partial charge is 0.480 e. The van der Waals surface area contributed by atoms with Crippen molar-refractivity contribution < 1.29 is 63.4 Å². The highest BCUT2D eigenvalue weighted by Gasteiger charge is 2.52. The fourth-order valence-corrected chi connectivity index (χ4v) is 19.5. The molecule has 8 heterocycles. The molecule has 3 aliphatic carbocycles. The van der Waals surface area contributed by atoms with E-state index in [2.05, 4.69) is 72.4 Å². The van der Waals surface area contributed by atoms with Gasteiger partial charge in [0.05, 0.1) is 59.8 Å². The predicted molar refractivity (Wildman–Crippen MR) is 375 cm³/mol. The number of hydrogen-bond donors (Lipinski definition) is 6. The minimum atomic E-state index is -3.85. The van der Waals surface area contributed by atoms with E-state index in [1.54, 1.807) is 36.8 Å². The van der Waals surface area contributed by atoms with E-state index >= 15 is 0 Å². The topological polar surface area (TPSA) is 312 Å². The third kappa shape index (κ3) is 19.2. The molecule has 96 heavy (non-hydrogen) atoms. The van der Waals surface area contributed by atoms with Crippen LogP contribution in [0.1, 0.15) is 170 Å². The van der Waals surface area contributed by atoms with Crippen LogP contribution in [-0.4, -0.2) is 158 Å². The van der Waals surface area contributed by atoms with Crippen LogP contribution < -0.4 is 44.5 Å². The maximum absolute atomic E-state index is 13.3. The second-order valence-electron chi connectivity index (χ2n) is 27.7. The molecule has 5 aromatic rings. The van der Waals surface area contributed by atoms with Gasteiger partial charge in [0.15, 0.2) is 10.3 Å². The first-order valence-corrected chi connectivity index (χ1v) is 39.9. The lowest BCUT2D eigenvalue weighted by molar-refractivity contribution is 0.00578. The molecule has 0 spiro atoms. The average molecular weight is 1430 g/mol. The van der Waals surface area contributed by atoms with Crippen molar-refractivity contribution in [2.45, 2.75) is 234 Å². The zero-order valence-electron chi connectivity index (χ0n) is 58.0. The second kappa shape index (κ2) is 32.7. The SMILES string of the molecule is COc1ncc(-c2sc(NC(C)C3CCOCC3)nc2C)cc1S(=O)(=O)NC1CCC(C)CC1.COc1ncc(-c2sc(NC(C)C3CCOCC3)nc2C)cc1S(=O)(=O)NC1CCC(O)CC1.COc1ncc(B2OC(C)(C)C(C)(C)O2)cc1S(=O)(=O)NC1CCC(C)CC1. The molecule has 30 heteroatoms. The molecule has 0 radical (unpaired) electrons. The Balaban J connectivity index is 0.000000170. The summed E-state index contributed by atoms with van der Waals surface area (Å²) in [5.74, 6) is 2.60. The number of hydrogen-bond acceptors (Lipinski definition) is 23. The largest absolute Gasteiger partial charge is 0.496 e. The summed E-state index contributed by atoms with van der Waals surface area (Å²) in [5, 5.41) is 18.4. The third-order valence-electron chi connectivity index (χ3n) is 19.9. The molecule has 0 aromatic carbocycles. The number of aliphatic hydroxyl groups is 1. The lowest BCUT2D eigenvalue weighted by Gasteiger charge is -2.32. The Hall–Kier alpha value is -4.70. The first-order valence-electron chi connectivity index (χ1n) is 33.8. The van der Waals surface area contributed by atoms with Gasteiger partial charge in [-0.2, -0.15) is 0 Å². The highest BCUT2D eigenvalue weighted by Crippen LogP contribution is 2.41. The Morgan fingerprint density at radius 1 is 0.521 bits per heavy atom. The number of nitrogens with one attached hydrogen (secondary N) is 5. The van der Waals surface area contributed by atoms with E-state index in [1.165, 1.54) is 44.0 Å². The van der Waals surface area contributed by atoms with Crippen molar-refractivity contribution in [3.05, 3.63) is 48.2 Å². The van der Waals surface area contributed by atoms with E-state index in [9.17, 15) is 30.4 Å². The summed E-state index contributed by atoms with van der Waals surface area (Å²) in [6.07, 6.45) is 18.5. The van der Waals surface area contributed by atoms with Gasteiger partial charge in [0.1, 0.15) is 14.7 Å². The van der Waals surface area contributed by atoms with Gasteiger partial charge in [-0.05, 0) is 200 Å². The maximum atomic E-state index is 13.3. The van der Waals surface area contributed by atoms with Crippen LogP contribution in [0.15, 0.2) is 51.5 Å². The molecule has 5 aromatic heterocycles. The highest BCUT2D eigenvalue weighted by atomic mass is 32.2. The summed E-state index contributed by atoms with van der Waals surface area (Å²) < 4.78 is 127. The molecule has 6 N–H and O–H groups in total.